The van der Waals surface area contributed by atoms with Gasteiger partial charge in [0.25, 0.3) is 5.91 Å². The zero-order valence-electron chi connectivity index (χ0n) is 16.3. The molecule has 2 amide bonds. The molecule has 0 fully saturated rings. The first kappa shape index (κ1) is 19.5. The van der Waals surface area contributed by atoms with Crippen molar-refractivity contribution in [3.8, 4) is 11.5 Å². The monoisotopic (exact) mass is 402 g/mol. The number of nitrogens with one attached hydrogen (secondary N) is 2. The third-order valence-corrected chi connectivity index (χ3v) is 4.76. The smallest absolute Gasteiger partial charge is 0.251 e. The minimum atomic E-state index is -0.763. The number of benzene rings is 3. The molecule has 0 saturated heterocycles. The summed E-state index contributed by atoms with van der Waals surface area (Å²) in [4.78, 5) is 25.8. The maximum atomic E-state index is 13.1. The third kappa shape index (κ3) is 4.60. The summed E-state index contributed by atoms with van der Waals surface area (Å²) < 4.78 is 11.3. The van der Waals surface area contributed by atoms with Gasteiger partial charge in [0.1, 0.15) is 19.3 Å². The Morgan fingerprint density at radius 1 is 0.833 bits per heavy atom. The normalized spacial score (nSPS) is 13.2. The predicted octanol–water partition coefficient (Wildman–Crippen LogP) is 3.44. The van der Waals surface area contributed by atoms with Crippen molar-refractivity contribution in [2.75, 3.05) is 18.5 Å². The number of para-hydroxylation sites is 1. The van der Waals surface area contributed by atoms with Crippen LogP contribution in [0.1, 0.15) is 15.9 Å². The molecule has 1 heterocycles. The molecule has 0 spiro atoms. The van der Waals surface area contributed by atoms with Crippen molar-refractivity contribution in [2.24, 2.45) is 0 Å². The Hall–Kier alpha value is -3.80. The predicted molar refractivity (Wildman–Crippen MR) is 114 cm³/mol. The zero-order valence-corrected chi connectivity index (χ0v) is 16.3. The van der Waals surface area contributed by atoms with Crippen molar-refractivity contribution in [1.29, 1.82) is 0 Å². The average Bonchev–Trinajstić information content (AvgIpc) is 2.80. The molecule has 1 atom stereocenters. The number of amides is 2. The SMILES string of the molecule is O=C(NC(Cc1ccccc1)C(=O)Nc1cccc2c1OCCO2)c1ccccc1. The van der Waals surface area contributed by atoms with E-state index >= 15 is 0 Å². The van der Waals surface area contributed by atoms with Crippen LogP contribution in [0.2, 0.25) is 0 Å². The van der Waals surface area contributed by atoms with Crippen molar-refractivity contribution in [3.05, 3.63) is 90.0 Å². The highest BCUT2D eigenvalue weighted by atomic mass is 16.6. The maximum absolute atomic E-state index is 13.1. The Balaban J connectivity index is 1.55. The highest BCUT2D eigenvalue weighted by molar-refractivity contribution is 6.02. The fourth-order valence-electron chi connectivity index (χ4n) is 3.28. The first-order valence-electron chi connectivity index (χ1n) is 9.80. The number of anilines is 1. The summed E-state index contributed by atoms with van der Waals surface area (Å²) in [7, 11) is 0. The summed E-state index contributed by atoms with van der Waals surface area (Å²) in [5.74, 6) is 0.462. The highest BCUT2D eigenvalue weighted by Gasteiger charge is 2.24. The molecule has 2 N–H and O–H groups in total. The molecule has 6 nitrogen and oxygen atoms in total. The average molecular weight is 402 g/mol. The van der Waals surface area contributed by atoms with E-state index in [4.69, 9.17) is 9.47 Å². The van der Waals surface area contributed by atoms with Gasteiger partial charge in [-0.3, -0.25) is 9.59 Å². The molecule has 0 bridgehead atoms. The summed E-state index contributed by atoms with van der Waals surface area (Å²) in [6.07, 6.45) is 0.359. The van der Waals surface area contributed by atoms with Gasteiger partial charge in [-0.1, -0.05) is 54.6 Å². The van der Waals surface area contributed by atoms with Gasteiger partial charge in [-0.05, 0) is 29.8 Å². The van der Waals surface area contributed by atoms with E-state index in [1.54, 1.807) is 42.5 Å². The van der Waals surface area contributed by atoms with Gasteiger partial charge in [0, 0.05) is 12.0 Å². The van der Waals surface area contributed by atoms with Crippen molar-refractivity contribution >= 4 is 17.5 Å². The van der Waals surface area contributed by atoms with E-state index in [2.05, 4.69) is 10.6 Å². The van der Waals surface area contributed by atoms with Crippen LogP contribution in [-0.2, 0) is 11.2 Å². The lowest BCUT2D eigenvalue weighted by molar-refractivity contribution is -0.118. The lowest BCUT2D eigenvalue weighted by Crippen LogP contribution is -2.45. The number of hydrogen-bond acceptors (Lipinski definition) is 4. The number of carbonyl (C=O) groups is 2. The van der Waals surface area contributed by atoms with E-state index in [1.807, 2.05) is 36.4 Å². The van der Waals surface area contributed by atoms with Crippen molar-refractivity contribution in [2.45, 2.75) is 12.5 Å². The molecule has 1 aliphatic heterocycles. The fraction of sp³-hybridized carbons (Fsp3) is 0.167. The Kier molecular flexibility index (Phi) is 5.94. The molecule has 0 aromatic heterocycles. The summed E-state index contributed by atoms with van der Waals surface area (Å²) in [6, 6.07) is 23.0. The standard InChI is InChI=1S/C24H22N2O4/c27-23(18-10-5-2-6-11-18)26-20(16-17-8-3-1-4-9-17)24(28)25-19-12-7-13-21-22(19)30-15-14-29-21/h1-13,20H,14-16H2,(H,25,28)(H,26,27). The van der Waals surface area contributed by atoms with E-state index in [0.29, 0.717) is 42.4 Å². The molecule has 3 aromatic carbocycles. The summed E-state index contributed by atoms with van der Waals surface area (Å²) in [5, 5.41) is 5.75. The number of carbonyl (C=O) groups excluding carboxylic acids is 2. The Bertz CT molecular complexity index is 1020. The van der Waals surface area contributed by atoms with Crippen LogP contribution in [0, 0.1) is 0 Å². The minimum Gasteiger partial charge on any atom is -0.486 e. The number of hydrogen-bond donors (Lipinski definition) is 2. The molecule has 0 radical (unpaired) electrons. The second kappa shape index (κ2) is 9.13. The van der Waals surface area contributed by atoms with Gasteiger partial charge >= 0.3 is 0 Å². The Morgan fingerprint density at radius 2 is 1.53 bits per heavy atom. The second-order valence-corrected chi connectivity index (χ2v) is 6.90. The quantitative estimate of drug-likeness (QED) is 0.662. The van der Waals surface area contributed by atoms with Crippen molar-refractivity contribution in [1.82, 2.24) is 5.32 Å². The van der Waals surface area contributed by atoms with Gasteiger partial charge in [0.15, 0.2) is 11.5 Å². The summed E-state index contributed by atoms with van der Waals surface area (Å²) in [5.41, 5.74) is 1.96. The van der Waals surface area contributed by atoms with E-state index < -0.39 is 6.04 Å². The molecule has 0 saturated carbocycles. The topological polar surface area (TPSA) is 76.7 Å². The molecule has 6 heteroatoms. The van der Waals surface area contributed by atoms with Gasteiger partial charge < -0.3 is 20.1 Å². The van der Waals surface area contributed by atoms with Crippen LogP contribution in [0.4, 0.5) is 5.69 Å². The van der Waals surface area contributed by atoms with E-state index in [-0.39, 0.29) is 11.8 Å². The first-order chi connectivity index (χ1) is 14.7. The van der Waals surface area contributed by atoms with Crippen molar-refractivity contribution in [3.63, 3.8) is 0 Å². The van der Waals surface area contributed by atoms with Gasteiger partial charge in [0.2, 0.25) is 5.91 Å². The molecule has 152 valence electrons. The van der Waals surface area contributed by atoms with Crippen LogP contribution in [0.3, 0.4) is 0 Å². The lowest BCUT2D eigenvalue weighted by Gasteiger charge is -2.23. The van der Waals surface area contributed by atoms with Gasteiger partial charge in [-0.15, -0.1) is 0 Å². The van der Waals surface area contributed by atoms with Crippen LogP contribution in [0.15, 0.2) is 78.9 Å². The van der Waals surface area contributed by atoms with E-state index in [9.17, 15) is 9.59 Å². The highest BCUT2D eigenvalue weighted by Crippen LogP contribution is 2.37. The van der Waals surface area contributed by atoms with E-state index in [1.165, 1.54) is 0 Å². The summed E-state index contributed by atoms with van der Waals surface area (Å²) >= 11 is 0. The molecule has 3 aromatic rings. The Labute approximate surface area is 174 Å². The molecular weight excluding hydrogens is 380 g/mol. The minimum absolute atomic E-state index is 0.304. The van der Waals surface area contributed by atoms with Gasteiger partial charge in [-0.2, -0.15) is 0 Å². The molecule has 1 unspecified atom stereocenters. The zero-order chi connectivity index (χ0) is 20.8. The lowest BCUT2D eigenvalue weighted by atomic mass is 10.0. The number of rotatable bonds is 6. The molecule has 1 aliphatic rings. The largest absolute Gasteiger partial charge is 0.486 e. The number of ether oxygens (including phenoxy) is 2. The van der Waals surface area contributed by atoms with Crippen LogP contribution in [0.5, 0.6) is 11.5 Å². The molecule has 4 rings (SSSR count). The number of fused-ring (bicyclic) bond motifs is 1. The van der Waals surface area contributed by atoms with Gasteiger partial charge in [0.05, 0.1) is 5.69 Å². The van der Waals surface area contributed by atoms with Crippen LogP contribution in [-0.4, -0.2) is 31.1 Å². The van der Waals surface area contributed by atoms with Crippen LogP contribution >= 0.6 is 0 Å². The molecular formula is C24H22N2O4. The Morgan fingerprint density at radius 3 is 2.30 bits per heavy atom. The van der Waals surface area contributed by atoms with Crippen molar-refractivity contribution < 1.29 is 19.1 Å². The second-order valence-electron chi connectivity index (χ2n) is 6.90. The summed E-state index contributed by atoms with van der Waals surface area (Å²) in [6.45, 7) is 0.881. The fourth-order valence-corrected chi connectivity index (χ4v) is 3.28. The molecule has 30 heavy (non-hydrogen) atoms. The van der Waals surface area contributed by atoms with Gasteiger partial charge in [-0.25, -0.2) is 0 Å². The maximum Gasteiger partial charge on any atom is 0.251 e. The molecule has 0 aliphatic carbocycles. The van der Waals surface area contributed by atoms with Crippen LogP contribution < -0.4 is 20.1 Å². The van der Waals surface area contributed by atoms with Crippen LogP contribution in [0.25, 0.3) is 0 Å². The van der Waals surface area contributed by atoms with E-state index in [0.717, 1.165) is 5.56 Å². The first-order valence-corrected chi connectivity index (χ1v) is 9.80. The third-order valence-electron chi connectivity index (χ3n) is 4.76.